The Morgan fingerprint density at radius 2 is 2.07 bits per heavy atom. The molecule has 0 spiro atoms. The summed E-state index contributed by atoms with van der Waals surface area (Å²) in [6.45, 7) is 3.70. The van der Waals surface area contributed by atoms with Crippen LogP contribution in [0.15, 0.2) is 0 Å². The van der Waals surface area contributed by atoms with Crippen molar-refractivity contribution in [3.8, 4) is 0 Å². The smallest absolute Gasteiger partial charge is 0.308 e. The molecule has 0 aromatic heterocycles. The van der Waals surface area contributed by atoms with Gasteiger partial charge in [-0.1, -0.05) is 26.7 Å². The Morgan fingerprint density at radius 1 is 1.47 bits per heavy atom. The number of amides is 1. The molecule has 0 saturated carbocycles. The summed E-state index contributed by atoms with van der Waals surface area (Å²) in [7, 11) is 0. The van der Waals surface area contributed by atoms with E-state index in [4.69, 9.17) is 10.8 Å². The van der Waals surface area contributed by atoms with Crippen LogP contribution in [0.3, 0.4) is 0 Å². The third kappa shape index (κ3) is 6.06. The van der Waals surface area contributed by atoms with Gasteiger partial charge in [-0.3, -0.25) is 9.59 Å². The minimum atomic E-state index is -0.919. The first-order valence-electron chi connectivity index (χ1n) is 5.25. The van der Waals surface area contributed by atoms with Gasteiger partial charge in [0, 0.05) is 6.54 Å². The molecule has 5 nitrogen and oxygen atoms in total. The zero-order valence-electron chi connectivity index (χ0n) is 9.32. The molecular formula is C10H20N2O3. The molecule has 5 heteroatoms. The summed E-state index contributed by atoms with van der Waals surface area (Å²) in [6.07, 6.45) is 2.54. The van der Waals surface area contributed by atoms with E-state index < -0.39 is 17.9 Å². The molecular weight excluding hydrogens is 196 g/mol. The van der Waals surface area contributed by atoms with E-state index >= 15 is 0 Å². The van der Waals surface area contributed by atoms with Crippen molar-refractivity contribution in [2.24, 2.45) is 11.7 Å². The normalized spacial score (nSPS) is 14.3. The van der Waals surface area contributed by atoms with Crippen LogP contribution in [0.5, 0.6) is 0 Å². The van der Waals surface area contributed by atoms with Gasteiger partial charge in [0.15, 0.2) is 0 Å². The molecule has 0 heterocycles. The molecule has 4 N–H and O–H groups in total. The predicted octanol–water partition coefficient (Wildman–Crippen LogP) is 0.341. The van der Waals surface area contributed by atoms with E-state index in [2.05, 4.69) is 5.32 Å². The second kappa shape index (κ2) is 7.23. The maximum atomic E-state index is 11.3. The molecule has 15 heavy (non-hydrogen) atoms. The molecule has 0 radical (unpaired) electrons. The zero-order chi connectivity index (χ0) is 11.8. The molecule has 0 rings (SSSR count). The second-order valence-electron chi connectivity index (χ2n) is 3.73. The molecule has 1 amide bonds. The van der Waals surface area contributed by atoms with Gasteiger partial charge >= 0.3 is 5.97 Å². The average Bonchev–Trinajstić information content (AvgIpc) is 2.21. The van der Waals surface area contributed by atoms with Crippen LogP contribution in [0.4, 0.5) is 0 Å². The Hall–Kier alpha value is -1.10. The number of hydrogen-bond acceptors (Lipinski definition) is 3. The van der Waals surface area contributed by atoms with Crippen LogP contribution < -0.4 is 11.1 Å². The molecule has 0 saturated heterocycles. The Kier molecular flexibility index (Phi) is 6.70. The third-order valence-corrected chi connectivity index (χ3v) is 2.21. The summed E-state index contributed by atoms with van der Waals surface area (Å²) < 4.78 is 0. The highest BCUT2D eigenvalue weighted by Crippen LogP contribution is 1.98. The van der Waals surface area contributed by atoms with Crippen molar-refractivity contribution < 1.29 is 14.7 Å². The summed E-state index contributed by atoms with van der Waals surface area (Å²) in [6, 6.07) is -0.522. The number of rotatable bonds is 7. The zero-order valence-corrected chi connectivity index (χ0v) is 9.32. The van der Waals surface area contributed by atoms with Crippen molar-refractivity contribution in [1.29, 1.82) is 0 Å². The predicted molar refractivity (Wildman–Crippen MR) is 57.3 cm³/mol. The molecule has 0 aromatic rings. The SMILES string of the molecule is CCCCC(N)C(=O)NCC(C)C(=O)O. The minimum Gasteiger partial charge on any atom is -0.481 e. The second-order valence-corrected chi connectivity index (χ2v) is 3.73. The summed E-state index contributed by atoms with van der Waals surface area (Å²) in [4.78, 5) is 21.8. The fourth-order valence-corrected chi connectivity index (χ4v) is 1.03. The number of nitrogens with two attached hydrogens (primary N) is 1. The van der Waals surface area contributed by atoms with Crippen LogP contribution in [-0.4, -0.2) is 29.6 Å². The molecule has 0 aliphatic heterocycles. The van der Waals surface area contributed by atoms with Gasteiger partial charge in [-0.25, -0.2) is 0 Å². The van der Waals surface area contributed by atoms with E-state index in [0.29, 0.717) is 6.42 Å². The maximum absolute atomic E-state index is 11.3. The lowest BCUT2D eigenvalue weighted by molar-refractivity contribution is -0.141. The Labute approximate surface area is 90.0 Å². The van der Waals surface area contributed by atoms with Crippen molar-refractivity contribution >= 4 is 11.9 Å². The van der Waals surface area contributed by atoms with Gasteiger partial charge in [0.05, 0.1) is 12.0 Å². The van der Waals surface area contributed by atoms with E-state index in [9.17, 15) is 9.59 Å². The average molecular weight is 216 g/mol. The molecule has 0 aliphatic carbocycles. The molecule has 0 bridgehead atoms. The lowest BCUT2D eigenvalue weighted by atomic mass is 10.1. The fourth-order valence-electron chi connectivity index (χ4n) is 1.03. The van der Waals surface area contributed by atoms with Crippen LogP contribution in [0.1, 0.15) is 33.1 Å². The summed E-state index contributed by atoms with van der Waals surface area (Å²) in [5.74, 6) is -1.76. The van der Waals surface area contributed by atoms with Crippen molar-refractivity contribution in [2.75, 3.05) is 6.54 Å². The fraction of sp³-hybridized carbons (Fsp3) is 0.800. The Bertz CT molecular complexity index is 219. The number of carboxylic acid groups (broad SMARTS) is 1. The van der Waals surface area contributed by atoms with Gasteiger partial charge in [-0.15, -0.1) is 0 Å². The lowest BCUT2D eigenvalue weighted by Crippen LogP contribution is -2.42. The quantitative estimate of drug-likeness (QED) is 0.572. The first kappa shape index (κ1) is 13.9. The van der Waals surface area contributed by atoms with Crippen molar-refractivity contribution in [1.82, 2.24) is 5.32 Å². The number of unbranched alkanes of at least 4 members (excludes halogenated alkanes) is 1. The highest BCUT2D eigenvalue weighted by molar-refractivity contribution is 5.82. The topological polar surface area (TPSA) is 92.4 Å². The largest absolute Gasteiger partial charge is 0.481 e. The third-order valence-electron chi connectivity index (χ3n) is 2.21. The number of carbonyl (C=O) groups is 2. The van der Waals surface area contributed by atoms with Crippen LogP contribution in [0, 0.1) is 5.92 Å². The van der Waals surface area contributed by atoms with E-state index in [0.717, 1.165) is 12.8 Å². The van der Waals surface area contributed by atoms with Crippen LogP contribution in [-0.2, 0) is 9.59 Å². The number of hydrogen-bond donors (Lipinski definition) is 3. The molecule has 0 aliphatic rings. The Morgan fingerprint density at radius 3 is 2.53 bits per heavy atom. The highest BCUT2D eigenvalue weighted by atomic mass is 16.4. The van der Waals surface area contributed by atoms with Gasteiger partial charge < -0.3 is 16.2 Å². The van der Waals surface area contributed by atoms with Gasteiger partial charge in [0.1, 0.15) is 0 Å². The monoisotopic (exact) mass is 216 g/mol. The van der Waals surface area contributed by atoms with E-state index in [1.807, 2.05) is 6.92 Å². The van der Waals surface area contributed by atoms with Gasteiger partial charge in [0.2, 0.25) is 5.91 Å². The molecule has 2 unspecified atom stereocenters. The number of aliphatic carboxylic acids is 1. The van der Waals surface area contributed by atoms with Gasteiger partial charge in [-0.05, 0) is 6.42 Å². The maximum Gasteiger partial charge on any atom is 0.308 e. The van der Waals surface area contributed by atoms with E-state index in [1.165, 1.54) is 0 Å². The van der Waals surface area contributed by atoms with Gasteiger partial charge in [-0.2, -0.15) is 0 Å². The first-order valence-corrected chi connectivity index (χ1v) is 5.25. The van der Waals surface area contributed by atoms with Crippen LogP contribution >= 0.6 is 0 Å². The highest BCUT2D eigenvalue weighted by Gasteiger charge is 2.16. The summed E-state index contributed by atoms with van der Waals surface area (Å²) >= 11 is 0. The van der Waals surface area contributed by atoms with Crippen LogP contribution in [0.25, 0.3) is 0 Å². The summed E-state index contributed by atoms with van der Waals surface area (Å²) in [5, 5.41) is 11.1. The minimum absolute atomic E-state index is 0.133. The summed E-state index contributed by atoms with van der Waals surface area (Å²) in [5.41, 5.74) is 5.61. The van der Waals surface area contributed by atoms with Crippen molar-refractivity contribution in [3.63, 3.8) is 0 Å². The Balaban J connectivity index is 3.77. The van der Waals surface area contributed by atoms with Crippen LogP contribution in [0.2, 0.25) is 0 Å². The van der Waals surface area contributed by atoms with E-state index in [1.54, 1.807) is 6.92 Å². The van der Waals surface area contributed by atoms with E-state index in [-0.39, 0.29) is 12.5 Å². The molecule has 0 fully saturated rings. The molecule has 0 aromatic carbocycles. The standard InChI is InChI=1S/C10H20N2O3/c1-3-4-5-8(11)9(13)12-6-7(2)10(14)15/h7-8H,3-6,11H2,1-2H3,(H,12,13)(H,14,15). The first-order chi connectivity index (χ1) is 6.99. The number of carboxylic acids is 1. The number of nitrogens with one attached hydrogen (secondary N) is 1. The molecule has 88 valence electrons. The van der Waals surface area contributed by atoms with Gasteiger partial charge in [0.25, 0.3) is 0 Å². The van der Waals surface area contributed by atoms with Crippen molar-refractivity contribution in [2.45, 2.75) is 39.2 Å². The molecule has 2 atom stereocenters. The van der Waals surface area contributed by atoms with Crippen molar-refractivity contribution in [3.05, 3.63) is 0 Å². The number of carbonyl (C=O) groups excluding carboxylic acids is 1. The lowest BCUT2D eigenvalue weighted by Gasteiger charge is -2.13.